The van der Waals surface area contributed by atoms with Gasteiger partial charge in [-0.3, -0.25) is 4.98 Å². The average molecular weight is 539 g/mol. The molecule has 0 unspecified atom stereocenters. The van der Waals surface area contributed by atoms with Gasteiger partial charge < -0.3 is 19.9 Å². The van der Waals surface area contributed by atoms with Crippen molar-refractivity contribution in [3.63, 3.8) is 0 Å². The monoisotopic (exact) mass is 538 g/mol. The number of nitrogens with one attached hydrogen (secondary N) is 1. The lowest BCUT2D eigenvalue weighted by atomic mass is 9.95. The van der Waals surface area contributed by atoms with Crippen LogP contribution in [0, 0.1) is 0 Å². The number of nitrogens with zero attached hydrogens (tertiary/aromatic N) is 5. The van der Waals surface area contributed by atoms with Gasteiger partial charge in [0.15, 0.2) is 0 Å². The summed E-state index contributed by atoms with van der Waals surface area (Å²) in [6.07, 6.45) is 11.5. The first-order valence-corrected chi connectivity index (χ1v) is 13.3. The van der Waals surface area contributed by atoms with Crippen LogP contribution in [0.1, 0.15) is 39.0 Å². The summed E-state index contributed by atoms with van der Waals surface area (Å²) in [6, 6.07) is 6.67. The summed E-state index contributed by atoms with van der Waals surface area (Å²) in [4.78, 5) is 30.3. The van der Waals surface area contributed by atoms with Crippen molar-refractivity contribution in [3.8, 4) is 11.3 Å². The first-order chi connectivity index (χ1) is 17.1. The number of carbonyl (C=O) groups is 1. The number of carbonyl (C=O) groups excluding carboxylic acids is 1. The van der Waals surface area contributed by atoms with Gasteiger partial charge in [0.05, 0.1) is 12.3 Å². The van der Waals surface area contributed by atoms with Crippen LogP contribution in [0.5, 0.6) is 0 Å². The van der Waals surface area contributed by atoms with Gasteiger partial charge in [-0.15, -0.1) is 0 Å². The highest BCUT2D eigenvalue weighted by atomic mass is 79.9. The Kier molecular flexibility index (Phi) is 7.32. The topological polar surface area (TPSA) is 83.5 Å². The molecule has 4 heterocycles. The molecule has 0 atom stereocenters. The first-order valence-electron chi connectivity index (χ1n) is 12.5. The third kappa shape index (κ3) is 5.34. The zero-order valence-corrected chi connectivity index (χ0v) is 21.6. The maximum atomic E-state index is 12.1. The van der Waals surface area contributed by atoms with Gasteiger partial charge in [0.1, 0.15) is 11.6 Å². The van der Waals surface area contributed by atoms with E-state index in [0.29, 0.717) is 38.8 Å². The third-order valence-corrected chi connectivity index (χ3v) is 7.44. The molecule has 1 aliphatic carbocycles. The number of pyridine rings is 3. The zero-order valence-electron chi connectivity index (χ0n) is 20.0. The first kappa shape index (κ1) is 23.8. The summed E-state index contributed by atoms with van der Waals surface area (Å²) in [5.41, 5.74) is 1.87. The second-order valence-corrected chi connectivity index (χ2v) is 9.98. The fourth-order valence-electron chi connectivity index (χ4n) is 4.94. The Balaban J connectivity index is 1.45. The second-order valence-electron chi connectivity index (χ2n) is 9.13. The Bertz CT molecular complexity index is 1190. The Hall–Kier alpha value is -2.94. The lowest BCUT2D eigenvalue weighted by molar-refractivity contribution is 0.105. The van der Waals surface area contributed by atoms with Crippen LogP contribution in [0.2, 0.25) is 0 Å². The Morgan fingerprint density at radius 1 is 1.14 bits per heavy atom. The van der Waals surface area contributed by atoms with E-state index in [1.54, 1.807) is 11.1 Å². The summed E-state index contributed by atoms with van der Waals surface area (Å²) < 4.78 is 6.08. The maximum absolute atomic E-state index is 12.1. The number of piperazine rings is 1. The number of hydrogen-bond donors (Lipinski definition) is 1. The molecule has 0 aromatic carbocycles. The van der Waals surface area contributed by atoms with Crippen LogP contribution in [0.15, 0.2) is 41.3 Å². The summed E-state index contributed by atoms with van der Waals surface area (Å²) in [7, 11) is 0. The molecule has 1 aliphatic heterocycles. The highest BCUT2D eigenvalue weighted by Crippen LogP contribution is 2.34. The van der Waals surface area contributed by atoms with Crippen LogP contribution in [0.25, 0.3) is 22.0 Å². The van der Waals surface area contributed by atoms with Crippen LogP contribution < -0.4 is 10.2 Å². The van der Waals surface area contributed by atoms with Gasteiger partial charge in [0.2, 0.25) is 0 Å². The number of rotatable bonds is 5. The standard InChI is InChI=1S/C26H31BrN6O2/c1-2-35-26(34)33-12-10-32(11-13-33)25-20-8-9-28-16-18(20)14-23(31-25)21-15-24(29-17-22(21)27)30-19-6-4-3-5-7-19/h8-9,14-17,19H,2-7,10-13H2,1H3,(H,29,30). The molecule has 1 amide bonds. The van der Waals surface area contributed by atoms with Crippen molar-refractivity contribution >= 4 is 44.4 Å². The molecule has 0 bridgehead atoms. The van der Waals surface area contributed by atoms with Crippen LogP contribution in [0.4, 0.5) is 16.4 Å². The van der Waals surface area contributed by atoms with Gasteiger partial charge in [0.25, 0.3) is 0 Å². The van der Waals surface area contributed by atoms with Crippen molar-refractivity contribution in [1.29, 1.82) is 0 Å². The average Bonchev–Trinajstić information content (AvgIpc) is 2.90. The quantitative estimate of drug-likeness (QED) is 0.460. The summed E-state index contributed by atoms with van der Waals surface area (Å²) in [6.45, 7) is 4.81. The second kappa shape index (κ2) is 10.8. The molecule has 2 aliphatic rings. The minimum absolute atomic E-state index is 0.248. The van der Waals surface area contributed by atoms with E-state index in [1.165, 1.54) is 32.1 Å². The number of amides is 1. The SMILES string of the molecule is CCOC(=O)N1CCN(c2nc(-c3cc(NC4CCCCC4)ncc3Br)cc3cnccc23)CC1. The van der Waals surface area contributed by atoms with Gasteiger partial charge in [-0.2, -0.15) is 0 Å². The Morgan fingerprint density at radius 2 is 1.94 bits per heavy atom. The van der Waals surface area contributed by atoms with Crippen LogP contribution >= 0.6 is 15.9 Å². The van der Waals surface area contributed by atoms with Crippen molar-refractivity contribution in [3.05, 3.63) is 41.3 Å². The van der Waals surface area contributed by atoms with Gasteiger partial charge in [-0.05, 0) is 53.9 Å². The number of anilines is 2. The Morgan fingerprint density at radius 3 is 2.71 bits per heavy atom. The van der Waals surface area contributed by atoms with E-state index >= 15 is 0 Å². The molecule has 0 radical (unpaired) electrons. The van der Waals surface area contributed by atoms with Crippen LogP contribution in [-0.2, 0) is 4.74 Å². The minimum Gasteiger partial charge on any atom is -0.450 e. The van der Waals surface area contributed by atoms with E-state index in [9.17, 15) is 4.79 Å². The fourth-order valence-corrected chi connectivity index (χ4v) is 5.36. The maximum Gasteiger partial charge on any atom is 0.409 e. The molecule has 3 aromatic heterocycles. The predicted molar refractivity (Wildman–Crippen MR) is 142 cm³/mol. The smallest absolute Gasteiger partial charge is 0.409 e. The number of ether oxygens (including phenoxy) is 1. The lowest BCUT2D eigenvalue weighted by Gasteiger charge is -2.35. The highest BCUT2D eigenvalue weighted by molar-refractivity contribution is 9.10. The molecule has 8 nitrogen and oxygen atoms in total. The van der Waals surface area contributed by atoms with E-state index in [1.807, 2.05) is 25.4 Å². The molecule has 5 rings (SSSR count). The van der Waals surface area contributed by atoms with E-state index in [-0.39, 0.29) is 6.09 Å². The molecule has 9 heteroatoms. The molecular weight excluding hydrogens is 508 g/mol. The van der Waals surface area contributed by atoms with Gasteiger partial charge in [0, 0.05) is 71.6 Å². The zero-order chi connectivity index (χ0) is 24.2. The molecule has 2 fully saturated rings. The van der Waals surface area contributed by atoms with Crippen LogP contribution in [0.3, 0.4) is 0 Å². The van der Waals surface area contributed by atoms with E-state index in [2.05, 4.69) is 48.2 Å². The van der Waals surface area contributed by atoms with Crippen molar-refractivity contribution in [1.82, 2.24) is 19.9 Å². The number of aromatic nitrogens is 3. The summed E-state index contributed by atoms with van der Waals surface area (Å²) >= 11 is 3.70. The molecule has 184 valence electrons. The molecule has 1 N–H and O–H groups in total. The predicted octanol–water partition coefficient (Wildman–Crippen LogP) is 5.48. The molecule has 0 spiro atoms. The third-order valence-electron chi connectivity index (χ3n) is 6.81. The van der Waals surface area contributed by atoms with Crippen molar-refractivity contribution in [2.75, 3.05) is 43.0 Å². The number of fused-ring (bicyclic) bond motifs is 1. The number of halogens is 1. The molecule has 1 saturated carbocycles. The molecule has 1 saturated heterocycles. The van der Waals surface area contributed by atoms with E-state index in [4.69, 9.17) is 9.72 Å². The van der Waals surface area contributed by atoms with Crippen molar-refractivity contribution in [2.24, 2.45) is 0 Å². The lowest BCUT2D eigenvalue weighted by Crippen LogP contribution is -2.49. The van der Waals surface area contributed by atoms with E-state index in [0.717, 1.165) is 38.1 Å². The van der Waals surface area contributed by atoms with Crippen LogP contribution in [-0.4, -0.2) is 64.8 Å². The van der Waals surface area contributed by atoms with E-state index < -0.39 is 0 Å². The molecule has 35 heavy (non-hydrogen) atoms. The minimum atomic E-state index is -0.248. The van der Waals surface area contributed by atoms with Gasteiger partial charge >= 0.3 is 6.09 Å². The van der Waals surface area contributed by atoms with Gasteiger partial charge in [-0.25, -0.2) is 14.8 Å². The van der Waals surface area contributed by atoms with Crippen molar-refractivity contribution < 1.29 is 9.53 Å². The summed E-state index contributed by atoms with van der Waals surface area (Å²) in [5, 5.41) is 5.72. The summed E-state index contributed by atoms with van der Waals surface area (Å²) in [5.74, 6) is 1.79. The highest BCUT2D eigenvalue weighted by Gasteiger charge is 2.25. The fraction of sp³-hybridized carbons (Fsp3) is 0.462. The Labute approximate surface area is 214 Å². The number of hydrogen-bond acceptors (Lipinski definition) is 7. The normalized spacial score (nSPS) is 17.0. The van der Waals surface area contributed by atoms with Gasteiger partial charge in [-0.1, -0.05) is 19.3 Å². The molecular formula is C26H31BrN6O2. The largest absolute Gasteiger partial charge is 0.450 e. The molecule has 3 aromatic rings. The van der Waals surface area contributed by atoms with Crippen molar-refractivity contribution in [2.45, 2.75) is 45.1 Å².